The molecule has 0 aromatic heterocycles. The normalized spacial score (nSPS) is 22.8. The lowest BCUT2D eigenvalue weighted by Gasteiger charge is -2.33. The SMILES string of the molecule is CCC(CC)N(CC(C)C)C(=O)CCC1CCCC(N)C1. The van der Waals surface area contributed by atoms with Gasteiger partial charge in [-0.1, -0.05) is 40.5 Å². The van der Waals surface area contributed by atoms with Crippen LogP contribution in [0.15, 0.2) is 0 Å². The lowest BCUT2D eigenvalue weighted by Crippen LogP contribution is -2.42. The summed E-state index contributed by atoms with van der Waals surface area (Å²) in [5.74, 6) is 1.56. The van der Waals surface area contributed by atoms with E-state index in [-0.39, 0.29) is 0 Å². The highest BCUT2D eigenvalue weighted by Crippen LogP contribution is 2.27. The van der Waals surface area contributed by atoms with E-state index in [1.807, 2.05) is 0 Å². The van der Waals surface area contributed by atoms with E-state index in [2.05, 4.69) is 32.6 Å². The molecule has 1 fully saturated rings. The average molecular weight is 296 g/mol. The molecule has 1 saturated carbocycles. The Morgan fingerprint density at radius 1 is 1.24 bits per heavy atom. The van der Waals surface area contributed by atoms with E-state index in [0.29, 0.717) is 36.2 Å². The molecule has 0 aromatic carbocycles. The zero-order valence-corrected chi connectivity index (χ0v) is 14.6. The second kappa shape index (κ2) is 9.45. The molecule has 0 radical (unpaired) electrons. The number of nitrogens with two attached hydrogens (primary N) is 1. The van der Waals surface area contributed by atoms with Crippen molar-refractivity contribution >= 4 is 5.91 Å². The summed E-state index contributed by atoms with van der Waals surface area (Å²) >= 11 is 0. The first kappa shape index (κ1) is 18.5. The smallest absolute Gasteiger partial charge is 0.222 e. The molecular weight excluding hydrogens is 260 g/mol. The summed E-state index contributed by atoms with van der Waals surface area (Å²) in [6, 6.07) is 0.776. The molecule has 0 aromatic rings. The van der Waals surface area contributed by atoms with Crippen LogP contribution in [0, 0.1) is 11.8 Å². The minimum absolute atomic E-state index is 0.358. The molecule has 2 atom stereocenters. The molecule has 1 rings (SSSR count). The van der Waals surface area contributed by atoms with E-state index >= 15 is 0 Å². The van der Waals surface area contributed by atoms with Crippen molar-refractivity contribution in [2.24, 2.45) is 17.6 Å². The topological polar surface area (TPSA) is 46.3 Å². The van der Waals surface area contributed by atoms with Gasteiger partial charge in [-0.25, -0.2) is 0 Å². The molecule has 0 spiro atoms. The third-order valence-electron chi connectivity index (χ3n) is 4.86. The minimum atomic E-state index is 0.358. The summed E-state index contributed by atoms with van der Waals surface area (Å²) in [6.45, 7) is 9.67. The summed E-state index contributed by atoms with van der Waals surface area (Å²) in [5, 5.41) is 0. The molecule has 2 N–H and O–H groups in total. The van der Waals surface area contributed by atoms with Crippen LogP contribution in [0.3, 0.4) is 0 Å². The fourth-order valence-electron chi connectivity index (χ4n) is 3.64. The quantitative estimate of drug-likeness (QED) is 0.737. The second-order valence-electron chi connectivity index (χ2n) is 7.24. The van der Waals surface area contributed by atoms with Crippen LogP contribution < -0.4 is 5.73 Å². The minimum Gasteiger partial charge on any atom is -0.339 e. The Bertz CT molecular complexity index is 300. The van der Waals surface area contributed by atoms with E-state index < -0.39 is 0 Å². The molecule has 0 aliphatic heterocycles. The maximum Gasteiger partial charge on any atom is 0.222 e. The fraction of sp³-hybridized carbons (Fsp3) is 0.944. The van der Waals surface area contributed by atoms with Crippen LogP contribution in [0.4, 0.5) is 0 Å². The van der Waals surface area contributed by atoms with Crippen LogP contribution >= 0.6 is 0 Å². The predicted octanol–water partition coefficient (Wildman–Crippen LogP) is 3.96. The summed E-state index contributed by atoms with van der Waals surface area (Å²) < 4.78 is 0. The molecule has 21 heavy (non-hydrogen) atoms. The summed E-state index contributed by atoms with van der Waals surface area (Å²) in [5.41, 5.74) is 6.05. The summed E-state index contributed by atoms with van der Waals surface area (Å²) in [6.07, 6.45) is 8.63. The molecule has 1 aliphatic rings. The van der Waals surface area contributed by atoms with Crippen LogP contribution in [0.1, 0.15) is 79.1 Å². The molecule has 124 valence electrons. The highest BCUT2D eigenvalue weighted by molar-refractivity contribution is 5.76. The molecule has 3 heteroatoms. The molecule has 2 unspecified atom stereocenters. The number of amides is 1. The van der Waals surface area contributed by atoms with Gasteiger partial charge >= 0.3 is 0 Å². The van der Waals surface area contributed by atoms with Crippen LogP contribution in [0.25, 0.3) is 0 Å². The van der Waals surface area contributed by atoms with Crippen molar-refractivity contribution < 1.29 is 4.79 Å². The van der Waals surface area contributed by atoms with Gasteiger partial charge in [0.1, 0.15) is 0 Å². The Labute approximate surface area is 131 Å². The number of rotatable bonds is 8. The first-order chi connectivity index (χ1) is 9.97. The van der Waals surface area contributed by atoms with Crippen LogP contribution in [-0.4, -0.2) is 29.4 Å². The molecule has 0 saturated heterocycles. The lowest BCUT2D eigenvalue weighted by molar-refractivity contribution is -0.134. The van der Waals surface area contributed by atoms with Gasteiger partial charge in [0.05, 0.1) is 0 Å². The van der Waals surface area contributed by atoms with E-state index in [0.717, 1.165) is 38.6 Å². The van der Waals surface area contributed by atoms with E-state index in [4.69, 9.17) is 5.73 Å². The van der Waals surface area contributed by atoms with Crippen molar-refractivity contribution in [1.29, 1.82) is 0 Å². The third-order valence-corrected chi connectivity index (χ3v) is 4.86. The molecule has 0 bridgehead atoms. The second-order valence-corrected chi connectivity index (χ2v) is 7.24. The van der Waals surface area contributed by atoms with Gasteiger partial charge in [0, 0.05) is 25.0 Å². The number of carbonyl (C=O) groups excluding carboxylic acids is 1. The zero-order valence-electron chi connectivity index (χ0n) is 14.6. The standard InChI is InChI=1S/C18H36N2O/c1-5-17(6-2)20(13-14(3)4)18(21)11-10-15-8-7-9-16(19)12-15/h14-17H,5-13,19H2,1-4H3. The Morgan fingerprint density at radius 3 is 2.43 bits per heavy atom. The van der Waals surface area contributed by atoms with Gasteiger partial charge in [0.25, 0.3) is 0 Å². The van der Waals surface area contributed by atoms with Crippen LogP contribution in [0.5, 0.6) is 0 Å². The monoisotopic (exact) mass is 296 g/mol. The van der Waals surface area contributed by atoms with Gasteiger partial charge in [-0.3, -0.25) is 4.79 Å². The zero-order chi connectivity index (χ0) is 15.8. The van der Waals surface area contributed by atoms with E-state index in [1.165, 1.54) is 12.8 Å². The highest BCUT2D eigenvalue weighted by Gasteiger charge is 2.24. The Kier molecular flexibility index (Phi) is 8.31. The van der Waals surface area contributed by atoms with Crippen molar-refractivity contribution in [2.45, 2.75) is 91.1 Å². The molecule has 1 aliphatic carbocycles. The first-order valence-corrected chi connectivity index (χ1v) is 9.02. The Hall–Kier alpha value is -0.570. The van der Waals surface area contributed by atoms with Crippen molar-refractivity contribution in [3.8, 4) is 0 Å². The average Bonchev–Trinajstić information content (AvgIpc) is 2.44. The molecule has 3 nitrogen and oxygen atoms in total. The lowest BCUT2D eigenvalue weighted by atomic mass is 9.83. The van der Waals surface area contributed by atoms with Gasteiger partial charge in [-0.15, -0.1) is 0 Å². The van der Waals surface area contributed by atoms with E-state index in [1.54, 1.807) is 0 Å². The fourth-order valence-corrected chi connectivity index (χ4v) is 3.64. The van der Waals surface area contributed by atoms with Gasteiger partial charge < -0.3 is 10.6 Å². The number of hydrogen-bond acceptors (Lipinski definition) is 2. The summed E-state index contributed by atoms with van der Waals surface area (Å²) in [4.78, 5) is 14.8. The van der Waals surface area contributed by atoms with Gasteiger partial charge in [0.2, 0.25) is 5.91 Å². The number of nitrogens with zero attached hydrogens (tertiary/aromatic N) is 1. The summed E-state index contributed by atoms with van der Waals surface area (Å²) in [7, 11) is 0. The third kappa shape index (κ3) is 6.37. The predicted molar refractivity (Wildman–Crippen MR) is 90.1 cm³/mol. The molecular formula is C18H36N2O. The first-order valence-electron chi connectivity index (χ1n) is 9.02. The van der Waals surface area contributed by atoms with Gasteiger partial charge in [-0.2, -0.15) is 0 Å². The Balaban J connectivity index is 2.51. The maximum atomic E-state index is 12.7. The van der Waals surface area contributed by atoms with Crippen molar-refractivity contribution in [3.05, 3.63) is 0 Å². The van der Waals surface area contributed by atoms with Crippen molar-refractivity contribution in [3.63, 3.8) is 0 Å². The number of hydrogen-bond donors (Lipinski definition) is 1. The Morgan fingerprint density at radius 2 is 1.90 bits per heavy atom. The molecule has 1 amide bonds. The largest absolute Gasteiger partial charge is 0.339 e. The van der Waals surface area contributed by atoms with Crippen molar-refractivity contribution in [2.75, 3.05) is 6.54 Å². The maximum absolute atomic E-state index is 12.7. The van der Waals surface area contributed by atoms with Gasteiger partial charge in [0.15, 0.2) is 0 Å². The van der Waals surface area contributed by atoms with Gasteiger partial charge in [-0.05, 0) is 43.9 Å². The van der Waals surface area contributed by atoms with Crippen LogP contribution in [0.2, 0.25) is 0 Å². The van der Waals surface area contributed by atoms with Crippen LogP contribution in [-0.2, 0) is 4.79 Å². The van der Waals surface area contributed by atoms with E-state index in [9.17, 15) is 4.79 Å². The van der Waals surface area contributed by atoms with Crippen molar-refractivity contribution in [1.82, 2.24) is 4.90 Å². The molecule has 0 heterocycles. The highest BCUT2D eigenvalue weighted by atomic mass is 16.2. The number of carbonyl (C=O) groups is 1.